The fourth-order valence-corrected chi connectivity index (χ4v) is 2.71. The number of hydrogen-bond donors (Lipinski definition) is 0. The Balaban J connectivity index is 0. The molecule has 0 aromatic rings. The lowest BCUT2D eigenvalue weighted by molar-refractivity contribution is -0.883. The van der Waals surface area contributed by atoms with E-state index in [1.807, 2.05) is 0 Å². The van der Waals surface area contributed by atoms with Crippen molar-refractivity contribution in [2.24, 2.45) is 0 Å². The second-order valence-corrected chi connectivity index (χ2v) is 6.91. The number of hydrogen-bond acceptors (Lipinski definition) is 0. The van der Waals surface area contributed by atoms with Crippen LogP contribution in [0.2, 0.25) is 0 Å². The monoisotopic (exact) mass is 315 g/mol. The first-order valence-corrected chi connectivity index (χ1v) is 8.88. The van der Waals surface area contributed by atoms with Gasteiger partial charge in [0, 0.05) is 0 Å². The second kappa shape index (κ2) is 16.2. The molecular weight excluding hydrogens is 278 g/mol. The van der Waals surface area contributed by atoms with Crippen molar-refractivity contribution in [3.8, 4) is 12.3 Å². The Hall–Kier alpha value is -0.190. The van der Waals surface area contributed by atoms with Gasteiger partial charge in [0.05, 0.1) is 20.6 Å². The van der Waals surface area contributed by atoms with E-state index in [1.165, 1.54) is 83.6 Å². The summed E-state index contributed by atoms with van der Waals surface area (Å²) >= 11 is 0. The maximum Gasteiger partial charge on any atom is 0.140 e. The van der Waals surface area contributed by atoms with Crippen molar-refractivity contribution in [2.45, 2.75) is 84.0 Å². The van der Waals surface area contributed by atoms with Gasteiger partial charge in [-0.05, 0) is 18.8 Å². The third kappa shape index (κ3) is 17.8. The number of terminal acetylenes is 1. The molecule has 0 atom stereocenters. The molecule has 21 heavy (non-hydrogen) atoms. The molecule has 0 spiro atoms. The average molecular weight is 316 g/mol. The third-order valence-electron chi connectivity index (χ3n) is 4.14. The number of nitrogens with zero attached hydrogens (tertiary/aromatic N) is 1. The summed E-state index contributed by atoms with van der Waals surface area (Å²) in [4.78, 5) is 0. The molecule has 0 radical (unpaired) electrons. The van der Waals surface area contributed by atoms with Crippen molar-refractivity contribution in [2.75, 3.05) is 27.2 Å². The highest BCUT2D eigenvalue weighted by Crippen LogP contribution is 2.12. The van der Waals surface area contributed by atoms with Gasteiger partial charge < -0.3 is 16.9 Å². The molecule has 0 aromatic carbocycles. The molecule has 0 rings (SSSR count). The minimum absolute atomic E-state index is 0. The van der Waals surface area contributed by atoms with E-state index in [0.29, 0.717) is 0 Å². The highest BCUT2D eigenvalue weighted by Gasteiger charge is 2.11. The Bertz CT molecular complexity index is 242. The predicted octanol–water partition coefficient (Wildman–Crippen LogP) is 2.40. The van der Waals surface area contributed by atoms with Crippen LogP contribution in [-0.4, -0.2) is 31.7 Å². The lowest BCUT2D eigenvalue weighted by Crippen LogP contribution is -3.00. The van der Waals surface area contributed by atoms with E-state index < -0.39 is 0 Å². The lowest BCUT2D eigenvalue weighted by atomic mass is 10.1. The summed E-state index contributed by atoms with van der Waals surface area (Å²) in [6.07, 6.45) is 22.4. The Morgan fingerprint density at radius 2 is 1.10 bits per heavy atom. The fourth-order valence-electron chi connectivity index (χ4n) is 2.71. The van der Waals surface area contributed by atoms with E-state index in [4.69, 9.17) is 6.42 Å². The molecule has 0 aliphatic carbocycles. The second-order valence-electron chi connectivity index (χ2n) is 6.91. The van der Waals surface area contributed by atoms with Crippen LogP contribution >= 0.6 is 0 Å². The van der Waals surface area contributed by atoms with Crippen LogP contribution in [-0.2, 0) is 0 Å². The quantitative estimate of drug-likeness (QED) is 0.262. The Morgan fingerprint density at radius 1 is 0.714 bits per heavy atom. The molecule has 0 bridgehead atoms. The number of unbranched alkanes of at least 4 members (excludes halogenated alkanes) is 11. The van der Waals surface area contributed by atoms with Gasteiger partial charge in [0.1, 0.15) is 6.54 Å². The van der Waals surface area contributed by atoms with Crippen LogP contribution in [0.5, 0.6) is 0 Å². The predicted molar refractivity (Wildman–Crippen MR) is 91.8 cm³/mol. The molecule has 0 heterocycles. The van der Waals surface area contributed by atoms with Crippen molar-refractivity contribution >= 4 is 0 Å². The highest BCUT2D eigenvalue weighted by molar-refractivity contribution is 4.83. The van der Waals surface area contributed by atoms with Crippen molar-refractivity contribution < 1.29 is 16.9 Å². The van der Waals surface area contributed by atoms with Crippen molar-refractivity contribution in [3.05, 3.63) is 0 Å². The zero-order chi connectivity index (χ0) is 15.1. The minimum atomic E-state index is 0. The first-order chi connectivity index (χ1) is 9.62. The number of quaternary nitrogens is 1. The van der Waals surface area contributed by atoms with Gasteiger partial charge in [-0.15, -0.1) is 6.42 Å². The smallest absolute Gasteiger partial charge is 0.140 e. The van der Waals surface area contributed by atoms with Gasteiger partial charge in [0.2, 0.25) is 0 Å². The first-order valence-electron chi connectivity index (χ1n) is 8.88. The van der Waals surface area contributed by atoms with Gasteiger partial charge in [0.15, 0.2) is 0 Å². The van der Waals surface area contributed by atoms with Gasteiger partial charge in [-0.2, -0.15) is 0 Å². The summed E-state index contributed by atoms with van der Waals surface area (Å²) in [5.74, 6) is 2.77. The van der Waals surface area contributed by atoms with E-state index in [9.17, 15) is 0 Å². The Kier molecular flexibility index (Phi) is 17.8. The standard InChI is InChI=1S/C19H38N.ClH/c1-5-7-8-9-10-11-12-13-14-15-16-17-19-20(3,4)18-6-2;/h2H,5,7-19H2,1,3-4H3;1H/q+1;/p-1. The van der Waals surface area contributed by atoms with Gasteiger partial charge in [-0.3, -0.25) is 0 Å². The zero-order valence-corrected chi connectivity index (χ0v) is 15.6. The van der Waals surface area contributed by atoms with Crippen LogP contribution < -0.4 is 12.4 Å². The Labute approximate surface area is 140 Å². The van der Waals surface area contributed by atoms with Crippen molar-refractivity contribution in [3.63, 3.8) is 0 Å². The van der Waals surface area contributed by atoms with Crippen molar-refractivity contribution in [1.29, 1.82) is 0 Å². The SMILES string of the molecule is C#CC[N+](C)(C)CCCCCCCCCCCCCC.[Cl-]. The molecule has 0 amide bonds. The van der Waals surface area contributed by atoms with E-state index in [-0.39, 0.29) is 12.4 Å². The van der Waals surface area contributed by atoms with Gasteiger partial charge in [0.25, 0.3) is 0 Å². The van der Waals surface area contributed by atoms with Gasteiger partial charge >= 0.3 is 0 Å². The zero-order valence-electron chi connectivity index (χ0n) is 14.8. The molecule has 0 aliphatic rings. The van der Waals surface area contributed by atoms with E-state index >= 15 is 0 Å². The molecule has 0 fully saturated rings. The molecule has 1 nitrogen and oxygen atoms in total. The molecular formula is C19H38ClN. The normalized spacial score (nSPS) is 11.0. The average Bonchev–Trinajstić information content (AvgIpc) is 2.40. The topological polar surface area (TPSA) is 0 Å². The van der Waals surface area contributed by atoms with Crippen LogP contribution in [0.4, 0.5) is 0 Å². The Morgan fingerprint density at radius 3 is 1.48 bits per heavy atom. The molecule has 126 valence electrons. The summed E-state index contributed by atoms with van der Waals surface area (Å²) in [6, 6.07) is 0. The van der Waals surface area contributed by atoms with Crippen LogP contribution in [0.25, 0.3) is 0 Å². The molecule has 0 unspecified atom stereocenters. The molecule has 0 aromatic heterocycles. The first kappa shape index (κ1) is 23.1. The highest BCUT2D eigenvalue weighted by atomic mass is 35.5. The number of rotatable bonds is 14. The van der Waals surface area contributed by atoms with Gasteiger partial charge in [-0.25, -0.2) is 0 Å². The van der Waals surface area contributed by atoms with E-state index in [0.717, 1.165) is 11.0 Å². The molecule has 0 saturated carbocycles. The van der Waals surface area contributed by atoms with E-state index in [1.54, 1.807) is 0 Å². The van der Waals surface area contributed by atoms with Crippen LogP contribution in [0.15, 0.2) is 0 Å². The third-order valence-corrected chi connectivity index (χ3v) is 4.14. The maximum absolute atomic E-state index is 5.39. The summed E-state index contributed by atoms with van der Waals surface area (Å²) < 4.78 is 0.980. The number of halogens is 1. The molecule has 0 aliphatic heterocycles. The summed E-state index contributed by atoms with van der Waals surface area (Å²) in [6.45, 7) is 4.37. The lowest BCUT2D eigenvalue weighted by Gasteiger charge is -2.27. The summed E-state index contributed by atoms with van der Waals surface area (Å²) in [7, 11) is 4.47. The molecule has 0 N–H and O–H groups in total. The maximum atomic E-state index is 5.39. The summed E-state index contributed by atoms with van der Waals surface area (Å²) in [5, 5.41) is 0. The van der Waals surface area contributed by atoms with Gasteiger partial charge in [-0.1, -0.05) is 71.1 Å². The van der Waals surface area contributed by atoms with Crippen molar-refractivity contribution in [1.82, 2.24) is 0 Å². The van der Waals surface area contributed by atoms with Crippen LogP contribution in [0.1, 0.15) is 84.0 Å². The molecule has 2 heteroatoms. The van der Waals surface area contributed by atoms with E-state index in [2.05, 4.69) is 26.9 Å². The van der Waals surface area contributed by atoms with Crippen LogP contribution in [0, 0.1) is 12.3 Å². The minimum Gasteiger partial charge on any atom is -1.00 e. The fraction of sp³-hybridized carbons (Fsp3) is 0.895. The largest absolute Gasteiger partial charge is 1.00 e. The van der Waals surface area contributed by atoms with Crippen LogP contribution in [0.3, 0.4) is 0 Å². The molecule has 0 saturated heterocycles. The summed E-state index contributed by atoms with van der Waals surface area (Å²) in [5.41, 5.74) is 0.